The highest BCUT2D eigenvalue weighted by Crippen LogP contribution is 2.42. The van der Waals surface area contributed by atoms with Crippen LogP contribution in [0.3, 0.4) is 0 Å². The summed E-state index contributed by atoms with van der Waals surface area (Å²) in [5.41, 5.74) is -1.81. The van der Waals surface area contributed by atoms with Gasteiger partial charge in [-0.3, -0.25) is 4.79 Å². The van der Waals surface area contributed by atoms with Gasteiger partial charge in [0, 0.05) is 25.9 Å². The van der Waals surface area contributed by atoms with E-state index in [0.29, 0.717) is 10.2 Å². The third-order valence-corrected chi connectivity index (χ3v) is 8.33. The first-order valence-electron chi connectivity index (χ1n) is 9.72. The lowest BCUT2D eigenvalue weighted by molar-refractivity contribution is -0.137. The van der Waals surface area contributed by atoms with Gasteiger partial charge in [-0.15, -0.1) is 0 Å². The van der Waals surface area contributed by atoms with Crippen molar-refractivity contribution in [3.05, 3.63) is 52.0 Å². The molecule has 0 radical (unpaired) electrons. The van der Waals surface area contributed by atoms with Crippen molar-refractivity contribution in [1.29, 1.82) is 0 Å². The van der Waals surface area contributed by atoms with E-state index in [0.717, 1.165) is 18.2 Å². The molecule has 6 nitrogen and oxygen atoms in total. The molecule has 172 valence electrons. The second-order valence-corrected chi connectivity index (χ2v) is 10.6. The highest BCUT2D eigenvalue weighted by atomic mass is 79.9. The third-order valence-electron chi connectivity index (χ3n) is 5.81. The molecule has 2 aromatic carbocycles. The number of hydrogen-bond acceptors (Lipinski definition) is 5. The van der Waals surface area contributed by atoms with Crippen molar-refractivity contribution >= 4 is 31.7 Å². The highest BCUT2D eigenvalue weighted by molar-refractivity contribution is 9.10. The minimum absolute atomic E-state index is 0.00661. The molecule has 0 unspecified atom stereocenters. The van der Waals surface area contributed by atoms with Gasteiger partial charge in [-0.25, -0.2) is 8.42 Å². The van der Waals surface area contributed by atoms with Crippen LogP contribution in [0.2, 0.25) is 0 Å². The Kier molecular flexibility index (Phi) is 5.79. The second kappa shape index (κ2) is 8.03. The molecule has 2 aliphatic rings. The van der Waals surface area contributed by atoms with Crippen molar-refractivity contribution in [2.75, 3.05) is 20.2 Å². The molecule has 1 saturated heterocycles. The Balaban J connectivity index is 1.54. The number of halogens is 4. The Labute approximate surface area is 191 Å². The number of benzene rings is 2. The number of sulfonamides is 1. The normalized spacial score (nSPS) is 18.8. The minimum atomic E-state index is -4.56. The molecule has 0 saturated carbocycles. The first kappa shape index (κ1) is 23.1. The van der Waals surface area contributed by atoms with Crippen molar-refractivity contribution in [3.8, 4) is 11.5 Å². The number of carbonyl (C=O) groups is 1. The molecule has 2 aliphatic heterocycles. The molecule has 1 spiro atoms. The first-order valence-corrected chi connectivity index (χ1v) is 12.0. The summed E-state index contributed by atoms with van der Waals surface area (Å²) >= 11 is 3.28. The zero-order valence-corrected chi connectivity index (χ0v) is 19.3. The van der Waals surface area contributed by atoms with Crippen molar-refractivity contribution in [2.24, 2.45) is 0 Å². The smallest absolute Gasteiger partial charge is 0.416 e. The molecular formula is C21H19BrF3NO5S. The van der Waals surface area contributed by atoms with Crippen LogP contribution in [0, 0.1) is 0 Å². The quantitative estimate of drug-likeness (QED) is 0.573. The van der Waals surface area contributed by atoms with Gasteiger partial charge in [0.1, 0.15) is 17.1 Å². The van der Waals surface area contributed by atoms with Crippen molar-refractivity contribution in [1.82, 2.24) is 4.31 Å². The first-order chi connectivity index (χ1) is 14.9. The maximum absolute atomic E-state index is 13.1. The van der Waals surface area contributed by atoms with Crippen molar-refractivity contribution in [2.45, 2.75) is 35.9 Å². The Hall–Kier alpha value is -2.11. The van der Waals surface area contributed by atoms with E-state index < -0.39 is 27.4 Å². The third kappa shape index (κ3) is 4.13. The molecule has 0 amide bonds. The molecule has 0 N–H and O–H groups in total. The van der Waals surface area contributed by atoms with E-state index in [2.05, 4.69) is 15.9 Å². The van der Waals surface area contributed by atoms with Crippen LogP contribution in [-0.4, -0.2) is 44.3 Å². The number of fused-ring (bicyclic) bond motifs is 1. The van der Waals surface area contributed by atoms with Crippen LogP contribution in [0.1, 0.15) is 35.2 Å². The fourth-order valence-corrected chi connectivity index (χ4v) is 6.20. The van der Waals surface area contributed by atoms with Crippen LogP contribution in [0.5, 0.6) is 11.5 Å². The fourth-order valence-electron chi connectivity index (χ4n) is 4.04. The molecule has 4 rings (SSSR count). The molecule has 0 aliphatic carbocycles. The van der Waals surface area contributed by atoms with Gasteiger partial charge in [0.05, 0.1) is 34.0 Å². The van der Waals surface area contributed by atoms with Crippen molar-refractivity contribution < 1.29 is 35.9 Å². The highest BCUT2D eigenvalue weighted by Gasteiger charge is 2.45. The number of hydrogen-bond donors (Lipinski definition) is 0. The lowest BCUT2D eigenvalue weighted by Crippen LogP contribution is -2.52. The second-order valence-electron chi connectivity index (χ2n) is 7.79. The number of ether oxygens (including phenoxy) is 2. The average molecular weight is 534 g/mol. The minimum Gasteiger partial charge on any atom is -0.496 e. The number of carbonyl (C=O) groups excluding carboxylic acids is 1. The molecule has 32 heavy (non-hydrogen) atoms. The molecular weight excluding hydrogens is 515 g/mol. The summed E-state index contributed by atoms with van der Waals surface area (Å²) < 4.78 is 78.2. The molecule has 2 aromatic rings. The van der Waals surface area contributed by atoms with E-state index in [-0.39, 0.29) is 54.3 Å². The Bertz CT molecular complexity index is 1170. The maximum Gasteiger partial charge on any atom is 0.416 e. The lowest BCUT2D eigenvalue weighted by atomic mass is 9.83. The molecule has 0 bridgehead atoms. The Morgan fingerprint density at radius 2 is 1.81 bits per heavy atom. The van der Waals surface area contributed by atoms with E-state index >= 15 is 0 Å². The van der Waals surface area contributed by atoms with Crippen LogP contribution in [-0.2, 0) is 16.2 Å². The summed E-state index contributed by atoms with van der Waals surface area (Å²) in [4.78, 5) is 12.7. The number of nitrogens with zero attached hydrogens (tertiary/aromatic N) is 1. The van der Waals surface area contributed by atoms with Crippen molar-refractivity contribution in [3.63, 3.8) is 0 Å². The predicted octanol–water partition coefficient (Wildman–Crippen LogP) is 4.67. The summed E-state index contributed by atoms with van der Waals surface area (Å²) in [5, 5.41) is 0. The summed E-state index contributed by atoms with van der Waals surface area (Å²) in [6.07, 6.45) is -4.20. The van der Waals surface area contributed by atoms with Gasteiger partial charge >= 0.3 is 6.18 Å². The van der Waals surface area contributed by atoms with Gasteiger partial charge in [0.15, 0.2) is 5.78 Å². The Morgan fingerprint density at radius 3 is 2.41 bits per heavy atom. The SMILES string of the molecule is COc1ccc(S(=O)(=O)N2CCC3(CC2)CC(=O)c2ccc(C(F)(F)F)cc2O3)cc1Br. The molecule has 2 heterocycles. The van der Waals surface area contributed by atoms with Crippen LogP contribution >= 0.6 is 15.9 Å². The summed E-state index contributed by atoms with van der Waals surface area (Å²) in [7, 11) is -2.33. The number of ketones is 1. The summed E-state index contributed by atoms with van der Waals surface area (Å²) in [5.74, 6) is 0.0781. The molecule has 0 atom stereocenters. The topological polar surface area (TPSA) is 72.9 Å². The number of piperidine rings is 1. The van der Waals surface area contributed by atoms with Gasteiger partial charge in [0.25, 0.3) is 0 Å². The number of methoxy groups -OCH3 is 1. The number of alkyl halides is 3. The van der Waals surface area contributed by atoms with E-state index in [1.54, 1.807) is 6.07 Å². The van der Waals surface area contributed by atoms with Crippen LogP contribution in [0.4, 0.5) is 13.2 Å². The predicted molar refractivity (Wildman–Crippen MR) is 112 cm³/mol. The zero-order chi connectivity index (χ0) is 23.3. The van der Waals surface area contributed by atoms with E-state index in [1.165, 1.54) is 23.5 Å². The van der Waals surface area contributed by atoms with Crippen LogP contribution in [0.15, 0.2) is 45.8 Å². The standard InChI is InChI=1S/C21H19BrF3NO5S/c1-30-18-5-3-14(11-16(18)22)32(28,29)26-8-6-20(7-9-26)12-17(27)15-4-2-13(21(23,24)25)10-19(15)31-20/h2-5,10-11H,6-9,12H2,1H3. The molecule has 11 heteroatoms. The summed E-state index contributed by atoms with van der Waals surface area (Å²) in [6, 6.07) is 7.27. The largest absolute Gasteiger partial charge is 0.496 e. The monoisotopic (exact) mass is 533 g/mol. The Morgan fingerprint density at radius 1 is 1.12 bits per heavy atom. The van der Waals surface area contributed by atoms with Gasteiger partial charge in [0.2, 0.25) is 10.0 Å². The van der Waals surface area contributed by atoms with Gasteiger partial charge in [-0.05, 0) is 52.3 Å². The van der Waals surface area contributed by atoms with E-state index in [4.69, 9.17) is 9.47 Å². The number of Topliss-reactive ketones (excluding diaryl/α,β-unsaturated/α-hetero) is 1. The van der Waals surface area contributed by atoms with Gasteiger partial charge in [-0.2, -0.15) is 17.5 Å². The molecule has 1 fully saturated rings. The van der Waals surface area contributed by atoms with Crippen LogP contribution < -0.4 is 9.47 Å². The van der Waals surface area contributed by atoms with Gasteiger partial charge < -0.3 is 9.47 Å². The van der Waals surface area contributed by atoms with E-state index in [9.17, 15) is 26.4 Å². The average Bonchev–Trinajstić information content (AvgIpc) is 2.73. The zero-order valence-electron chi connectivity index (χ0n) is 16.9. The lowest BCUT2D eigenvalue weighted by Gasteiger charge is -2.43. The summed E-state index contributed by atoms with van der Waals surface area (Å²) in [6.45, 7) is 0.154. The molecule has 0 aromatic heterocycles. The van der Waals surface area contributed by atoms with Gasteiger partial charge in [-0.1, -0.05) is 0 Å². The number of rotatable bonds is 3. The maximum atomic E-state index is 13.1. The van der Waals surface area contributed by atoms with Crippen LogP contribution in [0.25, 0.3) is 0 Å². The van der Waals surface area contributed by atoms with E-state index in [1.807, 2.05) is 0 Å². The fraction of sp³-hybridized carbons (Fsp3) is 0.381.